The van der Waals surface area contributed by atoms with E-state index in [9.17, 15) is 20.2 Å². The van der Waals surface area contributed by atoms with Crippen molar-refractivity contribution in [1.29, 1.82) is 5.26 Å². The Bertz CT molecular complexity index is 797. The van der Waals surface area contributed by atoms with Crippen LogP contribution in [0, 0.1) is 38.7 Å². The minimum atomic E-state index is -1.28. The van der Waals surface area contributed by atoms with Crippen LogP contribution in [-0.2, 0) is 9.53 Å². The number of esters is 1. The Balaban J connectivity index is 2.20. The number of nitro groups is 1. The fraction of sp³-hybridized carbons (Fsp3) is 0.375. The third-order valence-corrected chi connectivity index (χ3v) is 4.86. The first-order chi connectivity index (χ1) is 11.6. The Morgan fingerprint density at radius 1 is 1.48 bits per heavy atom. The zero-order valence-corrected chi connectivity index (χ0v) is 15.5. The van der Waals surface area contributed by atoms with Crippen LogP contribution in [0.5, 0.6) is 0 Å². The van der Waals surface area contributed by atoms with Gasteiger partial charge in [0, 0.05) is 11.6 Å². The SMILES string of the molecule is CC1(C)C(C=C(Cl)Cl)C1C(=O)OC(C#N)c1ccc(Cl)c([N+](=O)[O-])c1. The van der Waals surface area contributed by atoms with Gasteiger partial charge < -0.3 is 4.74 Å². The van der Waals surface area contributed by atoms with Crippen LogP contribution in [0.2, 0.25) is 5.02 Å². The van der Waals surface area contributed by atoms with Crippen molar-refractivity contribution in [3.63, 3.8) is 0 Å². The van der Waals surface area contributed by atoms with Gasteiger partial charge in [0.2, 0.25) is 6.10 Å². The second kappa shape index (κ2) is 7.20. The van der Waals surface area contributed by atoms with Gasteiger partial charge in [-0.2, -0.15) is 5.26 Å². The molecule has 1 aliphatic rings. The molecule has 25 heavy (non-hydrogen) atoms. The molecule has 2 rings (SSSR count). The fourth-order valence-corrected chi connectivity index (χ4v) is 3.22. The van der Waals surface area contributed by atoms with Gasteiger partial charge in [-0.15, -0.1) is 0 Å². The predicted octanol–water partition coefficient (Wildman–Crippen LogP) is 4.95. The maximum Gasteiger partial charge on any atom is 0.311 e. The summed E-state index contributed by atoms with van der Waals surface area (Å²) < 4.78 is 5.30. The molecule has 132 valence electrons. The number of hydrogen-bond acceptors (Lipinski definition) is 5. The van der Waals surface area contributed by atoms with Crippen molar-refractivity contribution in [2.24, 2.45) is 17.3 Å². The second-order valence-corrected chi connectivity index (χ2v) is 7.61. The van der Waals surface area contributed by atoms with Crippen LogP contribution in [0.3, 0.4) is 0 Å². The molecule has 0 N–H and O–H groups in total. The van der Waals surface area contributed by atoms with Crippen molar-refractivity contribution >= 4 is 46.5 Å². The minimum Gasteiger partial charge on any atom is -0.442 e. The summed E-state index contributed by atoms with van der Waals surface area (Å²) in [7, 11) is 0. The van der Waals surface area contributed by atoms with Crippen molar-refractivity contribution in [2.45, 2.75) is 20.0 Å². The molecule has 0 spiro atoms. The molecule has 6 nitrogen and oxygen atoms in total. The number of ether oxygens (including phenoxy) is 1. The number of nitro benzene ring substituents is 1. The summed E-state index contributed by atoms with van der Waals surface area (Å²) >= 11 is 17.0. The Labute approximate surface area is 159 Å². The van der Waals surface area contributed by atoms with Crippen LogP contribution >= 0.6 is 34.8 Å². The topological polar surface area (TPSA) is 93.2 Å². The zero-order chi connectivity index (χ0) is 18.9. The molecule has 0 bridgehead atoms. The Kier molecular flexibility index (Phi) is 5.62. The minimum absolute atomic E-state index is 0.0542. The predicted molar refractivity (Wildman–Crippen MR) is 93.1 cm³/mol. The molecule has 3 unspecified atom stereocenters. The molecule has 0 amide bonds. The molecule has 3 atom stereocenters. The highest BCUT2D eigenvalue weighted by Crippen LogP contribution is 2.60. The van der Waals surface area contributed by atoms with Crippen molar-refractivity contribution in [3.8, 4) is 6.07 Å². The molecular formula is C16H13Cl3N2O4. The van der Waals surface area contributed by atoms with Gasteiger partial charge in [0.05, 0.1) is 10.8 Å². The molecule has 0 heterocycles. The van der Waals surface area contributed by atoms with Gasteiger partial charge in [0.15, 0.2) is 0 Å². The van der Waals surface area contributed by atoms with Gasteiger partial charge in [0.25, 0.3) is 5.69 Å². The quantitative estimate of drug-likeness (QED) is 0.394. The van der Waals surface area contributed by atoms with Gasteiger partial charge in [0.1, 0.15) is 15.6 Å². The number of hydrogen-bond donors (Lipinski definition) is 0. The van der Waals surface area contributed by atoms with E-state index in [1.54, 1.807) is 6.08 Å². The third kappa shape index (κ3) is 4.06. The number of nitrogens with zero attached hydrogens (tertiary/aromatic N) is 2. The number of carbonyl (C=O) groups is 1. The smallest absolute Gasteiger partial charge is 0.311 e. The Morgan fingerprint density at radius 2 is 2.12 bits per heavy atom. The molecule has 1 aromatic rings. The van der Waals surface area contributed by atoms with E-state index < -0.39 is 28.3 Å². The normalized spacial score (nSPS) is 21.6. The monoisotopic (exact) mass is 402 g/mol. The highest BCUT2D eigenvalue weighted by Gasteiger charge is 2.62. The summed E-state index contributed by atoms with van der Waals surface area (Å²) in [4.78, 5) is 22.7. The summed E-state index contributed by atoms with van der Waals surface area (Å²) in [6.45, 7) is 3.71. The highest BCUT2D eigenvalue weighted by molar-refractivity contribution is 6.55. The fourth-order valence-electron chi connectivity index (χ4n) is 2.77. The molecular weight excluding hydrogens is 391 g/mol. The third-order valence-electron chi connectivity index (χ3n) is 4.29. The van der Waals surface area contributed by atoms with Crippen molar-refractivity contribution in [1.82, 2.24) is 0 Å². The van der Waals surface area contributed by atoms with Gasteiger partial charge in [-0.3, -0.25) is 14.9 Å². The molecule has 1 aliphatic carbocycles. The van der Waals surface area contributed by atoms with Crippen LogP contribution in [0.1, 0.15) is 25.5 Å². The molecule has 0 radical (unpaired) electrons. The first-order valence-corrected chi connectivity index (χ1v) is 8.29. The molecule has 1 saturated carbocycles. The van der Waals surface area contributed by atoms with Crippen molar-refractivity contribution < 1.29 is 14.5 Å². The summed E-state index contributed by atoms with van der Waals surface area (Å²) in [6, 6.07) is 5.63. The zero-order valence-electron chi connectivity index (χ0n) is 13.2. The molecule has 0 aliphatic heterocycles. The number of halogens is 3. The van der Waals surface area contributed by atoms with Crippen molar-refractivity contribution in [2.75, 3.05) is 0 Å². The summed E-state index contributed by atoms with van der Waals surface area (Å²) in [6.07, 6.45) is 0.278. The lowest BCUT2D eigenvalue weighted by Crippen LogP contribution is -2.14. The standard InChI is InChI=1S/C16H13Cl3N2O4/c1-16(2)9(6-13(18)19)14(16)15(22)25-12(7-20)8-3-4-10(17)11(5-8)21(23)24/h3-6,9,12,14H,1-2H3. The lowest BCUT2D eigenvalue weighted by molar-refractivity contribution is -0.384. The van der Waals surface area contributed by atoms with Crippen molar-refractivity contribution in [3.05, 3.63) is 49.5 Å². The maximum atomic E-state index is 12.4. The highest BCUT2D eigenvalue weighted by atomic mass is 35.5. The maximum absolute atomic E-state index is 12.4. The number of benzene rings is 1. The summed E-state index contributed by atoms with van der Waals surface area (Å²) in [5.74, 6) is -1.30. The summed E-state index contributed by atoms with van der Waals surface area (Å²) in [5.41, 5.74) is -0.595. The first-order valence-electron chi connectivity index (χ1n) is 7.16. The van der Waals surface area contributed by atoms with Crippen LogP contribution in [-0.4, -0.2) is 10.9 Å². The lowest BCUT2D eigenvalue weighted by atomic mass is 10.1. The van der Waals surface area contributed by atoms with E-state index in [1.165, 1.54) is 12.1 Å². The van der Waals surface area contributed by atoms with Crippen LogP contribution < -0.4 is 0 Å². The van der Waals surface area contributed by atoms with E-state index in [-0.39, 0.29) is 26.7 Å². The molecule has 1 aromatic carbocycles. The van der Waals surface area contributed by atoms with Crippen LogP contribution in [0.25, 0.3) is 0 Å². The lowest BCUT2D eigenvalue weighted by Gasteiger charge is -2.12. The summed E-state index contributed by atoms with van der Waals surface area (Å²) in [5, 5.41) is 20.2. The number of rotatable bonds is 5. The van der Waals surface area contributed by atoms with Crippen LogP contribution in [0.4, 0.5) is 5.69 Å². The number of allylic oxidation sites excluding steroid dienone is 1. The average Bonchev–Trinajstić information content (AvgIpc) is 3.05. The molecule has 1 fully saturated rings. The Hall–Kier alpha value is -1.81. The second-order valence-electron chi connectivity index (χ2n) is 6.20. The molecule has 0 aromatic heterocycles. The van der Waals surface area contributed by atoms with E-state index in [4.69, 9.17) is 39.5 Å². The van der Waals surface area contributed by atoms with E-state index >= 15 is 0 Å². The van der Waals surface area contributed by atoms with Gasteiger partial charge in [-0.05, 0) is 23.5 Å². The Morgan fingerprint density at radius 3 is 2.64 bits per heavy atom. The van der Waals surface area contributed by atoms with E-state index in [1.807, 2.05) is 19.9 Å². The molecule has 9 heteroatoms. The first kappa shape index (κ1) is 19.5. The van der Waals surface area contributed by atoms with Gasteiger partial charge >= 0.3 is 5.97 Å². The van der Waals surface area contributed by atoms with E-state index in [0.29, 0.717) is 0 Å². The van der Waals surface area contributed by atoms with Gasteiger partial charge in [-0.25, -0.2) is 0 Å². The van der Waals surface area contributed by atoms with Gasteiger partial charge in [-0.1, -0.05) is 54.7 Å². The number of nitriles is 1. The van der Waals surface area contributed by atoms with Crippen LogP contribution in [0.15, 0.2) is 28.8 Å². The van der Waals surface area contributed by atoms with E-state index in [2.05, 4.69) is 0 Å². The number of carbonyl (C=O) groups excluding carboxylic acids is 1. The molecule has 0 saturated heterocycles. The van der Waals surface area contributed by atoms with E-state index in [0.717, 1.165) is 6.07 Å². The largest absolute Gasteiger partial charge is 0.442 e. The average molecular weight is 404 g/mol.